The van der Waals surface area contributed by atoms with Crippen LogP contribution in [0.4, 0.5) is 17.6 Å². The molecule has 1 atom stereocenters. The van der Waals surface area contributed by atoms with Gasteiger partial charge in [0.15, 0.2) is 0 Å². The number of rotatable bonds is 1. The van der Waals surface area contributed by atoms with Gasteiger partial charge in [0.1, 0.15) is 13.0 Å². The monoisotopic (exact) mass is 144 g/mol. The molecular formula is C4H4F4O. The van der Waals surface area contributed by atoms with E-state index in [0.29, 0.717) is 0 Å². The largest absolute Gasteiger partial charge is 0.394 e. The highest BCUT2D eigenvalue weighted by molar-refractivity contribution is 4.82. The van der Waals surface area contributed by atoms with Gasteiger partial charge in [-0.15, -0.1) is 0 Å². The maximum atomic E-state index is 12.1. The lowest BCUT2D eigenvalue weighted by Gasteiger charge is -2.04. The number of ether oxygens (including phenoxy) is 1. The minimum atomic E-state index is -4.45. The van der Waals surface area contributed by atoms with E-state index in [2.05, 4.69) is 4.74 Å². The second-order valence-electron chi connectivity index (χ2n) is 1.96. The molecule has 0 aliphatic carbocycles. The Labute approximate surface area is 48.6 Å². The maximum absolute atomic E-state index is 12.1. The normalized spacial score (nSPS) is 34.7. The molecule has 0 saturated carbocycles. The fourth-order valence-electron chi connectivity index (χ4n) is 0.480. The van der Waals surface area contributed by atoms with E-state index in [-0.39, 0.29) is 0 Å². The van der Waals surface area contributed by atoms with Crippen LogP contribution in [-0.4, -0.2) is 18.6 Å². The first-order chi connectivity index (χ1) is 3.91. The van der Waals surface area contributed by atoms with Crippen molar-refractivity contribution < 1.29 is 22.3 Å². The molecule has 1 heterocycles. The van der Waals surface area contributed by atoms with Crippen LogP contribution < -0.4 is 0 Å². The van der Waals surface area contributed by atoms with Crippen LogP contribution in [0.1, 0.15) is 6.42 Å². The average Bonchev–Trinajstić information content (AvgIpc) is 2.12. The molecule has 0 radical (unpaired) electrons. The molecule has 0 spiro atoms. The fraction of sp³-hybridized carbons (Fsp3) is 1.00. The van der Waals surface area contributed by atoms with Crippen LogP contribution in [0.2, 0.25) is 0 Å². The second-order valence-corrected chi connectivity index (χ2v) is 1.96. The molecule has 0 N–H and O–H groups in total. The summed E-state index contributed by atoms with van der Waals surface area (Å²) < 4.78 is 49.8. The summed E-state index contributed by atoms with van der Waals surface area (Å²) in [5, 5.41) is 0. The molecule has 1 aliphatic rings. The SMILES string of the molecule is FC(F)(F)CC1(F)CO1. The summed E-state index contributed by atoms with van der Waals surface area (Å²) in [6.07, 6.45) is -5.94. The zero-order chi connectivity index (χ0) is 7.12. The highest BCUT2D eigenvalue weighted by Crippen LogP contribution is 2.39. The molecule has 0 aromatic carbocycles. The van der Waals surface area contributed by atoms with E-state index in [1.54, 1.807) is 0 Å². The van der Waals surface area contributed by atoms with Crippen LogP contribution in [0.5, 0.6) is 0 Å². The number of hydrogen-bond donors (Lipinski definition) is 0. The third-order valence-electron chi connectivity index (χ3n) is 0.922. The Kier molecular flexibility index (Phi) is 1.20. The van der Waals surface area contributed by atoms with Crippen LogP contribution in [-0.2, 0) is 4.74 Å². The minimum absolute atomic E-state index is 0.424. The summed E-state index contributed by atoms with van der Waals surface area (Å²) in [7, 11) is 0. The van der Waals surface area contributed by atoms with Crippen LogP contribution in [0.25, 0.3) is 0 Å². The smallest absolute Gasteiger partial charge is 0.338 e. The van der Waals surface area contributed by atoms with Crippen molar-refractivity contribution in [2.24, 2.45) is 0 Å². The Morgan fingerprint density at radius 3 is 2.00 bits per heavy atom. The summed E-state index contributed by atoms with van der Waals surface area (Å²) in [4.78, 5) is 0. The number of alkyl halides is 4. The number of halogens is 4. The molecule has 1 fully saturated rings. The Bertz CT molecular complexity index is 111. The molecule has 0 bridgehead atoms. The summed E-state index contributed by atoms with van der Waals surface area (Å²) in [6.45, 7) is -0.424. The Hall–Kier alpha value is -0.320. The highest BCUT2D eigenvalue weighted by atomic mass is 19.4. The quantitative estimate of drug-likeness (QED) is 0.402. The predicted octanol–water partition coefficient (Wildman–Crippen LogP) is 1.63. The van der Waals surface area contributed by atoms with E-state index < -0.39 is 25.1 Å². The average molecular weight is 144 g/mol. The predicted molar refractivity (Wildman–Crippen MR) is 20.5 cm³/mol. The topological polar surface area (TPSA) is 12.5 Å². The van der Waals surface area contributed by atoms with Gasteiger partial charge in [-0.1, -0.05) is 0 Å². The molecule has 9 heavy (non-hydrogen) atoms. The molecule has 1 nitrogen and oxygen atoms in total. The van der Waals surface area contributed by atoms with Gasteiger partial charge in [0.2, 0.25) is 5.85 Å². The van der Waals surface area contributed by atoms with Crippen molar-refractivity contribution in [1.82, 2.24) is 0 Å². The molecule has 1 rings (SSSR count). The third-order valence-corrected chi connectivity index (χ3v) is 0.922. The fourth-order valence-corrected chi connectivity index (χ4v) is 0.480. The second kappa shape index (κ2) is 1.59. The van der Waals surface area contributed by atoms with Crippen LogP contribution in [0.15, 0.2) is 0 Å². The molecule has 0 aromatic heterocycles. The third kappa shape index (κ3) is 2.17. The highest BCUT2D eigenvalue weighted by Gasteiger charge is 2.53. The van der Waals surface area contributed by atoms with Crippen LogP contribution >= 0.6 is 0 Å². The van der Waals surface area contributed by atoms with Gasteiger partial charge >= 0.3 is 6.18 Å². The number of epoxide rings is 1. The molecular weight excluding hydrogens is 140 g/mol. The zero-order valence-electron chi connectivity index (χ0n) is 4.33. The maximum Gasteiger partial charge on any atom is 0.394 e. The Balaban J connectivity index is 2.33. The summed E-state index contributed by atoms with van der Waals surface area (Å²) >= 11 is 0. The van der Waals surface area contributed by atoms with Crippen molar-refractivity contribution in [2.75, 3.05) is 6.61 Å². The Morgan fingerprint density at radius 2 is 1.89 bits per heavy atom. The van der Waals surface area contributed by atoms with Gasteiger partial charge < -0.3 is 4.74 Å². The first kappa shape index (κ1) is 6.80. The van der Waals surface area contributed by atoms with Gasteiger partial charge in [-0.05, 0) is 0 Å². The summed E-state index contributed by atoms with van der Waals surface area (Å²) in [6, 6.07) is 0. The minimum Gasteiger partial charge on any atom is -0.338 e. The van der Waals surface area contributed by atoms with E-state index in [1.165, 1.54) is 0 Å². The van der Waals surface area contributed by atoms with Crippen molar-refractivity contribution in [3.05, 3.63) is 0 Å². The van der Waals surface area contributed by atoms with E-state index in [0.717, 1.165) is 0 Å². The standard InChI is InChI=1S/C4H4F4O/c5-3(2-9-3)1-4(6,7)8/h1-2H2. The van der Waals surface area contributed by atoms with Crippen LogP contribution in [0.3, 0.4) is 0 Å². The first-order valence-corrected chi connectivity index (χ1v) is 2.31. The lowest BCUT2D eigenvalue weighted by Crippen LogP contribution is -2.17. The molecule has 1 aliphatic heterocycles. The lowest BCUT2D eigenvalue weighted by atomic mass is 10.3. The van der Waals surface area contributed by atoms with Gasteiger partial charge in [-0.2, -0.15) is 13.2 Å². The molecule has 1 saturated heterocycles. The zero-order valence-corrected chi connectivity index (χ0v) is 4.33. The van der Waals surface area contributed by atoms with Gasteiger partial charge in [0, 0.05) is 0 Å². The van der Waals surface area contributed by atoms with Crippen LogP contribution in [0, 0.1) is 0 Å². The molecule has 1 unspecified atom stereocenters. The van der Waals surface area contributed by atoms with Crippen molar-refractivity contribution in [3.8, 4) is 0 Å². The molecule has 5 heteroatoms. The Morgan fingerprint density at radius 1 is 1.44 bits per heavy atom. The van der Waals surface area contributed by atoms with Gasteiger partial charge in [0.25, 0.3) is 0 Å². The summed E-state index contributed by atoms with van der Waals surface area (Å²) in [5.74, 6) is -2.39. The summed E-state index contributed by atoms with van der Waals surface area (Å²) in [5.41, 5.74) is 0. The van der Waals surface area contributed by atoms with Crippen molar-refractivity contribution >= 4 is 0 Å². The molecule has 54 valence electrons. The van der Waals surface area contributed by atoms with Gasteiger partial charge in [0.05, 0.1) is 0 Å². The van der Waals surface area contributed by atoms with E-state index in [4.69, 9.17) is 0 Å². The van der Waals surface area contributed by atoms with E-state index >= 15 is 0 Å². The van der Waals surface area contributed by atoms with Gasteiger partial charge in [-0.3, -0.25) is 0 Å². The van der Waals surface area contributed by atoms with E-state index in [9.17, 15) is 17.6 Å². The van der Waals surface area contributed by atoms with Gasteiger partial charge in [-0.25, -0.2) is 4.39 Å². The van der Waals surface area contributed by atoms with Crippen molar-refractivity contribution in [2.45, 2.75) is 18.5 Å². The molecule has 0 aromatic rings. The first-order valence-electron chi connectivity index (χ1n) is 2.31. The lowest BCUT2D eigenvalue weighted by molar-refractivity contribution is -0.160. The van der Waals surface area contributed by atoms with Crippen molar-refractivity contribution in [3.63, 3.8) is 0 Å². The number of hydrogen-bond acceptors (Lipinski definition) is 1. The van der Waals surface area contributed by atoms with Crippen molar-refractivity contribution in [1.29, 1.82) is 0 Å². The molecule has 0 amide bonds. The van der Waals surface area contributed by atoms with E-state index in [1.807, 2.05) is 0 Å².